The van der Waals surface area contributed by atoms with Crippen LogP contribution < -0.4 is 0 Å². The number of nitrogens with zero attached hydrogens (tertiary/aromatic N) is 3. The van der Waals surface area contributed by atoms with Gasteiger partial charge >= 0.3 is 0 Å². The number of pyridine rings is 1. The average Bonchev–Trinajstić information content (AvgIpc) is 2.96. The molecule has 1 aromatic rings. The molecule has 2 aliphatic rings. The molecule has 0 saturated carbocycles. The molecule has 6 nitrogen and oxygen atoms in total. The van der Waals surface area contributed by atoms with Gasteiger partial charge in [0.2, 0.25) is 15.9 Å². The van der Waals surface area contributed by atoms with E-state index in [1.165, 1.54) is 0 Å². The molecule has 22 heavy (non-hydrogen) atoms. The topological polar surface area (TPSA) is 70.6 Å². The molecule has 0 radical (unpaired) electrons. The SMILES string of the molecule is CCS(=O)(=O)N1CC[C@H]2[C@@H]1CCC(=O)N2Cc1cccnc1. The van der Waals surface area contributed by atoms with Gasteiger partial charge in [0, 0.05) is 44.0 Å². The zero-order valence-electron chi connectivity index (χ0n) is 12.7. The highest BCUT2D eigenvalue weighted by atomic mass is 32.2. The maximum Gasteiger partial charge on any atom is 0.223 e. The normalized spacial score (nSPS) is 26.2. The Hall–Kier alpha value is -1.47. The predicted molar refractivity (Wildman–Crippen MR) is 82.4 cm³/mol. The van der Waals surface area contributed by atoms with Crippen LogP contribution in [0.25, 0.3) is 0 Å². The number of carbonyl (C=O) groups excluding carboxylic acids is 1. The second-order valence-corrected chi connectivity index (χ2v) is 8.07. The summed E-state index contributed by atoms with van der Waals surface area (Å²) in [4.78, 5) is 18.2. The summed E-state index contributed by atoms with van der Waals surface area (Å²) in [6.45, 7) is 2.69. The molecule has 2 aliphatic heterocycles. The summed E-state index contributed by atoms with van der Waals surface area (Å²) in [5.41, 5.74) is 0.980. The van der Waals surface area contributed by atoms with Gasteiger partial charge in [0.15, 0.2) is 0 Å². The number of piperidine rings is 1. The van der Waals surface area contributed by atoms with E-state index in [0.29, 0.717) is 25.9 Å². The van der Waals surface area contributed by atoms with Gasteiger partial charge < -0.3 is 4.90 Å². The standard InChI is InChI=1S/C15H21N3O3S/c1-2-22(20,21)18-9-7-13-14(18)5-6-15(19)17(13)11-12-4-3-8-16-10-12/h3-4,8,10,13-14H,2,5-7,9,11H2,1H3/t13-,14-/m0/s1. The Labute approximate surface area is 131 Å². The largest absolute Gasteiger partial charge is 0.334 e. The van der Waals surface area contributed by atoms with Gasteiger partial charge in [-0.15, -0.1) is 0 Å². The Morgan fingerprint density at radius 3 is 2.82 bits per heavy atom. The molecule has 0 spiro atoms. The average molecular weight is 323 g/mol. The lowest BCUT2D eigenvalue weighted by Gasteiger charge is -2.39. The van der Waals surface area contributed by atoms with Crippen molar-refractivity contribution in [1.29, 1.82) is 0 Å². The Kier molecular flexibility index (Phi) is 4.18. The second kappa shape index (κ2) is 5.96. The van der Waals surface area contributed by atoms with Crippen LogP contribution in [0.15, 0.2) is 24.5 Å². The molecule has 0 N–H and O–H groups in total. The van der Waals surface area contributed by atoms with Gasteiger partial charge in [0.1, 0.15) is 0 Å². The molecule has 2 saturated heterocycles. The van der Waals surface area contributed by atoms with E-state index < -0.39 is 10.0 Å². The highest BCUT2D eigenvalue weighted by Gasteiger charge is 2.46. The molecule has 0 unspecified atom stereocenters. The first kappa shape index (κ1) is 15.4. The number of aromatic nitrogens is 1. The van der Waals surface area contributed by atoms with E-state index in [2.05, 4.69) is 4.98 Å². The lowest BCUT2D eigenvalue weighted by Crippen LogP contribution is -2.52. The highest BCUT2D eigenvalue weighted by molar-refractivity contribution is 7.89. The van der Waals surface area contributed by atoms with Gasteiger partial charge in [0.25, 0.3) is 0 Å². The fourth-order valence-electron chi connectivity index (χ4n) is 3.51. The van der Waals surface area contributed by atoms with Gasteiger partial charge in [-0.2, -0.15) is 4.31 Å². The molecule has 0 aliphatic carbocycles. The van der Waals surface area contributed by atoms with Crippen molar-refractivity contribution in [2.24, 2.45) is 0 Å². The first-order valence-corrected chi connectivity index (χ1v) is 9.31. The monoisotopic (exact) mass is 323 g/mol. The van der Waals surface area contributed by atoms with Crippen LogP contribution in [0.5, 0.6) is 0 Å². The summed E-state index contributed by atoms with van der Waals surface area (Å²) < 4.78 is 26.0. The van der Waals surface area contributed by atoms with E-state index in [9.17, 15) is 13.2 Å². The van der Waals surface area contributed by atoms with Gasteiger partial charge in [0.05, 0.1) is 5.75 Å². The van der Waals surface area contributed by atoms with Gasteiger partial charge in [-0.25, -0.2) is 8.42 Å². The summed E-state index contributed by atoms with van der Waals surface area (Å²) >= 11 is 0. The van der Waals surface area contributed by atoms with Crippen LogP contribution in [0.2, 0.25) is 0 Å². The third-order valence-corrected chi connectivity index (χ3v) is 6.53. The molecule has 0 bridgehead atoms. The summed E-state index contributed by atoms with van der Waals surface area (Å²) in [6.07, 6.45) is 5.22. The van der Waals surface area contributed by atoms with Gasteiger partial charge in [-0.3, -0.25) is 9.78 Å². The lowest BCUT2D eigenvalue weighted by atomic mass is 9.96. The van der Waals surface area contributed by atoms with Crippen molar-refractivity contribution >= 4 is 15.9 Å². The minimum atomic E-state index is -3.20. The number of fused-ring (bicyclic) bond motifs is 1. The first-order valence-electron chi connectivity index (χ1n) is 7.71. The maximum absolute atomic E-state index is 12.3. The van der Waals surface area contributed by atoms with E-state index in [4.69, 9.17) is 0 Å². The maximum atomic E-state index is 12.3. The Bertz CT molecular complexity index is 647. The van der Waals surface area contributed by atoms with Gasteiger partial charge in [-0.1, -0.05) is 6.07 Å². The number of amides is 1. The highest BCUT2D eigenvalue weighted by Crippen LogP contribution is 2.34. The van der Waals surface area contributed by atoms with E-state index in [1.54, 1.807) is 23.6 Å². The molecule has 3 rings (SSSR count). The zero-order chi connectivity index (χ0) is 15.7. The number of likely N-dealkylation sites (tertiary alicyclic amines) is 1. The van der Waals surface area contributed by atoms with Gasteiger partial charge in [-0.05, 0) is 31.4 Å². The molecule has 0 aromatic carbocycles. The van der Waals surface area contributed by atoms with Crippen LogP contribution in [0.4, 0.5) is 0 Å². The van der Waals surface area contributed by atoms with E-state index >= 15 is 0 Å². The lowest BCUT2D eigenvalue weighted by molar-refractivity contribution is -0.138. The quantitative estimate of drug-likeness (QED) is 0.829. The van der Waals surface area contributed by atoms with Crippen LogP contribution in [-0.4, -0.2) is 52.9 Å². The molecular weight excluding hydrogens is 302 g/mol. The van der Waals surface area contributed by atoms with Crippen molar-refractivity contribution in [2.45, 2.75) is 44.8 Å². The Morgan fingerprint density at radius 2 is 2.14 bits per heavy atom. The van der Waals surface area contributed by atoms with Crippen LogP contribution in [0.1, 0.15) is 31.7 Å². The Morgan fingerprint density at radius 1 is 1.32 bits per heavy atom. The summed E-state index contributed by atoms with van der Waals surface area (Å²) in [7, 11) is -3.20. The zero-order valence-corrected chi connectivity index (χ0v) is 13.5. The third kappa shape index (κ3) is 2.75. The number of carbonyl (C=O) groups is 1. The number of hydrogen-bond donors (Lipinski definition) is 0. The van der Waals surface area contributed by atoms with Crippen molar-refractivity contribution in [3.63, 3.8) is 0 Å². The molecule has 2 fully saturated rings. The van der Waals surface area contributed by atoms with E-state index in [0.717, 1.165) is 12.0 Å². The van der Waals surface area contributed by atoms with E-state index in [1.807, 2.05) is 17.0 Å². The minimum absolute atomic E-state index is 0.0113. The van der Waals surface area contributed by atoms with Crippen LogP contribution >= 0.6 is 0 Å². The number of rotatable bonds is 4. The van der Waals surface area contributed by atoms with Crippen molar-refractivity contribution in [1.82, 2.24) is 14.2 Å². The molecule has 3 heterocycles. The molecular formula is C15H21N3O3S. The molecule has 7 heteroatoms. The summed E-state index contributed by atoms with van der Waals surface area (Å²) in [6, 6.07) is 3.71. The smallest absolute Gasteiger partial charge is 0.223 e. The number of hydrogen-bond acceptors (Lipinski definition) is 4. The van der Waals surface area contributed by atoms with Crippen molar-refractivity contribution in [3.8, 4) is 0 Å². The first-order chi connectivity index (χ1) is 10.5. The molecule has 1 amide bonds. The third-order valence-electron chi connectivity index (χ3n) is 4.63. The molecule has 2 atom stereocenters. The predicted octanol–water partition coefficient (Wildman–Crippen LogP) is 0.997. The second-order valence-electron chi connectivity index (χ2n) is 5.86. The van der Waals surface area contributed by atoms with Crippen LogP contribution in [0.3, 0.4) is 0 Å². The molecule has 1 aromatic heterocycles. The minimum Gasteiger partial charge on any atom is -0.334 e. The van der Waals surface area contributed by atoms with E-state index in [-0.39, 0.29) is 23.7 Å². The Balaban J connectivity index is 1.82. The summed E-state index contributed by atoms with van der Waals surface area (Å²) in [5, 5.41) is 0. The fraction of sp³-hybridized carbons (Fsp3) is 0.600. The van der Waals surface area contributed by atoms with Crippen molar-refractivity contribution in [2.75, 3.05) is 12.3 Å². The van der Waals surface area contributed by atoms with Crippen molar-refractivity contribution in [3.05, 3.63) is 30.1 Å². The number of sulfonamides is 1. The summed E-state index contributed by atoms with van der Waals surface area (Å²) in [5.74, 6) is 0.230. The van der Waals surface area contributed by atoms with Crippen LogP contribution in [-0.2, 0) is 21.4 Å². The van der Waals surface area contributed by atoms with Crippen LogP contribution in [0, 0.1) is 0 Å². The fourth-order valence-corrected chi connectivity index (χ4v) is 4.89. The van der Waals surface area contributed by atoms with Crippen molar-refractivity contribution < 1.29 is 13.2 Å². The molecule has 120 valence electrons.